The predicted octanol–water partition coefficient (Wildman–Crippen LogP) is 6.97. The van der Waals surface area contributed by atoms with Crippen molar-refractivity contribution in [3.05, 3.63) is 0 Å². The van der Waals surface area contributed by atoms with Gasteiger partial charge in [-0.15, -0.1) is 0 Å². The Labute approximate surface area is 195 Å². The molecule has 0 aliphatic heterocycles. The Bertz CT molecular complexity index is 802. The molecule has 3 heteroatoms. The fraction of sp³-hybridized carbons (Fsp3) is 0.931. The van der Waals surface area contributed by atoms with Gasteiger partial charge in [-0.05, 0) is 110 Å². The van der Waals surface area contributed by atoms with Crippen molar-refractivity contribution in [3.8, 4) is 0 Å². The third-order valence-corrected chi connectivity index (χ3v) is 12.8. The monoisotopic (exact) mass is 442 g/mol. The number of esters is 1. The van der Waals surface area contributed by atoms with Crippen LogP contribution in [-0.4, -0.2) is 18.4 Å². The Balaban J connectivity index is 1.43. The van der Waals surface area contributed by atoms with Gasteiger partial charge in [0, 0.05) is 18.8 Å². The van der Waals surface area contributed by atoms with Gasteiger partial charge in [-0.1, -0.05) is 34.6 Å². The zero-order chi connectivity index (χ0) is 23.2. The van der Waals surface area contributed by atoms with E-state index in [2.05, 4.69) is 34.6 Å². The summed E-state index contributed by atoms with van der Waals surface area (Å²) in [7, 11) is 0. The van der Waals surface area contributed by atoms with E-state index in [1.54, 1.807) is 6.92 Å². The van der Waals surface area contributed by atoms with Crippen molar-refractivity contribution in [2.75, 3.05) is 0 Å². The van der Waals surface area contributed by atoms with Gasteiger partial charge in [-0.25, -0.2) is 0 Å². The maximum Gasteiger partial charge on any atom is 0.302 e. The molecule has 5 aliphatic carbocycles. The Morgan fingerprint density at radius 1 is 0.938 bits per heavy atom. The standard InChI is InChI=1S/C29H46O3/c1-19(8-7-17-30)21-11-13-27(6)23-10-9-22-25(3,4)24(32-20(2)31)12-14-28(22)18-29(23,28)16-15-26(21,27)5/h17,19,21-24H,7-16,18H2,1-6H3/t19-,21-,22+,23+,24+,26-,27+,28-,29+/m1/s1. The van der Waals surface area contributed by atoms with E-state index in [4.69, 9.17) is 4.74 Å². The molecule has 0 unspecified atom stereocenters. The summed E-state index contributed by atoms with van der Waals surface area (Å²) in [6.45, 7) is 14.1. The highest BCUT2D eigenvalue weighted by Gasteiger charge is 2.82. The lowest BCUT2D eigenvalue weighted by molar-refractivity contribution is -0.181. The largest absolute Gasteiger partial charge is 0.462 e. The van der Waals surface area contributed by atoms with E-state index in [0.29, 0.717) is 33.5 Å². The number of hydrogen-bond acceptors (Lipinski definition) is 3. The number of ether oxygens (including phenoxy) is 1. The zero-order valence-corrected chi connectivity index (χ0v) is 21.5. The molecule has 180 valence electrons. The van der Waals surface area contributed by atoms with Crippen LogP contribution in [0.5, 0.6) is 0 Å². The van der Waals surface area contributed by atoms with Crippen molar-refractivity contribution in [1.29, 1.82) is 0 Å². The van der Waals surface area contributed by atoms with Gasteiger partial charge in [-0.2, -0.15) is 0 Å². The number of carbonyl (C=O) groups is 2. The molecule has 0 amide bonds. The molecule has 0 aromatic rings. The lowest BCUT2D eigenvalue weighted by atomic mass is 9.41. The van der Waals surface area contributed by atoms with Crippen LogP contribution in [-0.2, 0) is 14.3 Å². The minimum Gasteiger partial charge on any atom is -0.462 e. The normalized spacial score (nSPS) is 51.4. The quantitative estimate of drug-likeness (QED) is 0.341. The highest BCUT2D eigenvalue weighted by molar-refractivity contribution is 5.66. The maximum atomic E-state index is 11.8. The van der Waals surface area contributed by atoms with Gasteiger partial charge in [0.15, 0.2) is 0 Å². The number of rotatable bonds is 5. The molecule has 0 saturated heterocycles. The first-order valence-electron chi connectivity index (χ1n) is 13.6. The van der Waals surface area contributed by atoms with Crippen LogP contribution in [0.4, 0.5) is 0 Å². The number of carbonyl (C=O) groups excluding carboxylic acids is 2. The summed E-state index contributed by atoms with van der Waals surface area (Å²) >= 11 is 0. The summed E-state index contributed by atoms with van der Waals surface area (Å²) in [5.74, 6) is 2.87. The van der Waals surface area contributed by atoms with E-state index >= 15 is 0 Å². The van der Waals surface area contributed by atoms with Crippen LogP contribution in [0.1, 0.15) is 112 Å². The molecule has 5 saturated carbocycles. The van der Waals surface area contributed by atoms with Crippen molar-refractivity contribution in [2.24, 2.45) is 50.7 Å². The van der Waals surface area contributed by atoms with Gasteiger partial charge in [-0.3, -0.25) is 4.79 Å². The Morgan fingerprint density at radius 2 is 1.62 bits per heavy atom. The van der Waals surface area contributed by atoms with Gasteiger partial charge in [0.2, 0.25) is 0 Å². The average molecular weight is 443 g/mol. The molecule has 32 heavy (non-hydrogen) atoms. The second-order valence-electron chi connectivity index (χ2n) is 13.8. The fourth-order valence-corrected chi connectivity index (χ4v) is 11.2. The van der Waals surface area contributed by atoms with E-state index in [-0.39, 0.29) is 17.5 Å². The Hall–Kier alpha value is -0.860. The Kier molecular flexibility index (Phi) is 5.07. The van der Waals surface area contributed by atoms with Crippen LogP contribution in [0, 0.1) is 50.7 Å². The van der Waals surface area contributed by atoms with Gasteiger partial charge in [0.25, 0.3) is 0 Å². The first-order chi connectivity index (χ1) is 15.0. The first kappa shape index (κ1) is 22.9. The molecule has 0 N–H and O–H groups in total. The van der Waals surface area contributed by atoms with Gasteiger partial charge in [0.05, 0.1) is 0 Å². The molecule has 5 aliphatic rings. The minimum atomic E-state index is -0.111. The highest BCUT2D eigenvalue weighted by Crippen LogP contribution is 2.89. The summed E-state index contributed by atoms with van der Waals surface area (Å²) in [5, 5.41) is 0. The summed E-state index contributed by atoms with van der Waals surface area (Å²) in [5.41, 5.74) is 2.00. The predicted molar refractivity (Wildman–Crippen MR) is 127 cm³/mol. The molecule has 0 heterocycles. The fourth-order valence-electron chi connectivity index (χ4n) is 11.2. The second kappa shape index (κ2) is 7.08. The molecule has 9 atom stereocenters. The number of aldehydes is 1. The topological polar surface area (TPSA) is 43.4 Å². The molecule has 0 aromatic carbocycles. The smallest absolute Gasteiger partial charge is 0.302 e. The van der Waals surface area contributed by atoms with Crippen molar-refractivity contribution >= 4 is 12.3 Å². The third-order valence-electron chi connectivity index (χ3n) is 12.8. The Morgan fingerprint density at radius 3 is 2.31 bits per heavy atom. The van der Waals surface area contributed by atoms with Crippen molar-refractivity contribution in [1.82, 2.24) is 0 Å². The molecular formula is C29H46O3. The molecule has 3 nitrogen and oxygen atoms in total. The highest BCUT2D eigenvalue weighted by atomic mass is 16.5. The number of hydrogen-bond donors (Lipinski definition) is 0. The van der Waals surface area contributed by atoms with Crippen LogP contribution >= 0.6 is 0 Å². The van der Waals surface area contributed by atoms with Crippen LogP contribution in [0.2, 0.25) is 0 Å². The second-order valence-corrected chi connectivity index (χ2v) is 13.8. The first-order valence-corrected chi connectivity index (χ1v) is 13.6. The average Bonchev–Trinajstić information content (AvgIpc) is 3.31. The summed E-state index contributed by atoms with van der Waals surface area (Å²) in [6.07, 6.45) is 14.9. The molecular weight excluding hydrogens is 396 g/mol. The molecule has 5 fully saturated rings. The van der Waals surface area contributed by atoms with Crippen molar-refractivity contribution in [2.45, 2.75) is 118 Å². The molecule has 0 aromatic heterocycles. The summed E-state index contributed by atoms with van der Waals surface area (Å²) < 4.78 is 5.87. The third kappa shape index (κ3) is 2.66. The van der Waals surface area contributed by atoms with E-state index in [1.807, 2.05) is 0 Å². The van der Waals surface area contributed by atoms with E-state index in [0.717, 1.165) is 37.4 Å². The lowest BCUT2D eigenvalue weighted by Crippen LogP contribution is -2.58. The molecule has 0 radical (unpaired) electrons. The zero-order valence-electron chi connectivity index (χ0n) is 21.5. The van der Waals surface area contributed by atoms with Crippen LogP contribution in [0.15, 0.2) is 0 Å². The van der Waals surface area contributed by atoms with Gasteiger partial charge >= 0.3 is 5.97 Å². The van der Waals surface area contributed by atoms with E-state index in [1.165, 1.54) is 51.4 Å². The SMILES string of the molecule is CC(=O)O[C@H]1CC[C@]23C[C@]24CC[C@]2(C)[C@@H]([C@H](C)CCC=O)CC[C@@]2(C)[C@@H]4CC[C@H]3C1(C)C. The molecule has 2 spiro atoms. The summed E-state index contributed by atoms with van der Waals surface area (Å²) in [6, 6.07) is 0. The summed E-state index contributed by atoms with van der Waals surface area (Å²) in [4.78, 5) is 22.8. The molecule has 0 bridgehead atoms. The van der Waals surface area contributed by atoms with Crippen LogP contribution < -0.4 is 0 Å². The molecule has 5 rings (SSSR count). The van der Waals surface area contributed by atoms with Gasteiger partial charge < -0.3 is 9.53 Å². The lowest BCUT2D eigenvalue weighted by Gasteiger charge is -2.63. The van der Waals surface area contributed by atoms with Gasteiger partial charge in [0.1, 0.15) is 12.4 Å². The maximum absolute atomic E-state index is 11.8. The van der Waals surface area contributed by atoms with E-state index < -0.39 is 0 Å². The van der Waals surface area contributed by atoms with Crippen LogP contribution in [0.3, 0.4) is 0 Å². The number of fused-ring (bicyclic) bond motifs is 2. The minimum absolute atomic E-state index is 0.0849. The van der Waals surface area contributed by atoms with Crippen molar-refractivity contribution in [3.63, 3.8) is 0 Å². The van der Waals surface area contributed by atoms with E-state index in [9.17, 15) is 9.59 Å². The van der Waals surface area contributed by atoms with Crippen LogP contribution in [0.25, 0.3) is 0 Å². The van der Waals surface area contributed by atoms with Crippen molar-refractivity contribution < 1.29 is 14.3 Å².